The van der Waals surface area contributed by atoms with Gasteiger partial charge < -0.3 is 14.2 Å². The SMILES string of the molecule is O=C1/C(=C/C2=Cc3ccccc3OC2)SC(=S)N1Cc1ccc2c(c1)OCO2. The molecule has 0 N–H and O–H groups in total. The summed E-state index contributed by atoms with van der Waals surface area (Å²) in [5.41, 5.74) is 2.90. The summed E-state index contributed by atoms with van der Waals surface area (Å²) < 4.78 is 17.1. The number of amides is 1. The van der Waals surface area contributed by atoms with E-state index in [-0.39, 0.29) is 12.7 Å². The minimum atomic E-state index is -0.0903. The van der Waals surface area contributed by atoms with Crippen molar-refractivity contribution in [3.8, 4) is 17.2 Å². The first kappa shape index (κ1) is 17.3. The van der Waals surface area contributed by atoms with Crippen molar-refractivity contribution in [1.82, 2.24) is 4.90 Å². The van der Waals surface area contributed by atoms with Gasteiger partial charge in [-0.2, -0.15) is 0 Å². The van der Waals surface area contributed by atoms with Crippen LogP contribution in [0.25, 0.3) is 6.08 Å². The van der Waals surface area contributed by atoms with Crippen molar-refractivity contribution in [2.45, 2.75) is 6.54 Å². The molecular formula is C21H15NO4S2. The Balaban J connectivity index is 1.36. The zero-order chi connectivity index (χ0) is 19.1. The summed E-state index contributed by atoms with van der Waals surface area (Å²) in [7, 11) is 0. The van der Waals surface area contributed by atoms with Gasteiger partial charge in [0.05, 0.1) is 11.4 Å². The van der Waals surface area contributed by atoms with Gasteiger partial charge in [0.2, 0.25) is 6.79 Å². The highest BCUT2D eigenvalue weighted by Crippen LogP contribution is 2.37. The van der Waals surface area contributed by atoms with Gasteiger partial charge in [-0.25, -0.2) is 0 Å². The maximum atomic E-state index is 12.9. The zero-order valence-electron chi connectivity index (χ0n) is 14.7. The molecule has 3 aliphatic heterocycles. The summed E-state index contributed by atoms with van der Waals surface area (Å²) >= 11 is 6.76. The molecule has 0 radical (unpaired) electrons. The molecule has 3 aliphatic rings. The average molecular weight is 409 g/mol. The van der Waals surface area contributed by atoms with Crippen molar-refractivity contribution in [1.29, 1.82) is 0 Å². The third-order valence-electron chi connectivity index (χ3n) is 4.62. The molecule has 0 aliphatic carbocycles. The molecule has 1 saturated heterocycles. The van der Waals surface area contributed by atoms with E-state index in [2.05, 4.69) is 0 Å². The zero-order valence-corrected chi connectivity index (χ0v) is 16.3. The van der Waals surface area contributed by atoms with Gasteiger partial charge in [-0.3, -0.25) is 9.69 Å². The maximum absolute atomic E-state index is 12.9. The molecule has 1 fully saturated rings. The fraction of sp³-hybridized carbons (Fsp3) is 0.143. The molecule has 2 aromatic rings. The number of thiocarbonyl (C=S) groups is 1. The number of hydrogen-bond donors (Lipinski definition) is 0. The summed E-state index contributed by atoms with van der Waals surface area (Å²) in [5, 5.41) is 0. The van der Waals surface area contributed by atoms with E-state index in [9.17, 15) is 4.79 Å². The van der Waals surface area contributed by atoms with Crippen LogP contribution in [0, 0.1) is 0 Å². The number of thioether (sulfide) groups is 1. The van der Waals surface area contributed by atoms with Crippen molar-refractivity contribution < 1.29 is 19.0 Å². The van der Waals surface area contributed by atoms with Crippen LogP contribution in [-0.4, -0.2) is 28.5 Å². The highest BCUT2D eigenvalue weighted by molar-refractivity contribution is 8.26. The second-order valence-corrected chi connectivity index (χ2v) is 8.18. The molecule has 1 amide bonds. The lowest BCUT2D eigenvalue weighted by Gasteiger charge is -2.16. The predicted molar refractivity (Wildman–Crippen MR) is 111 cm³/mol. The summed E-state index contributed by atoms with van der Waals surface area (Å²) in [6.45, 7) is 1.06. The molecule has 0 spiro atoms. The van der Waals surface area contributed by atoms with E-state index >= 15 is 0 Å². The van der Waals surface area contributed by atoms with Crippen molar-refractivity contribution >= 4 is 40.3 Å². The van der Waals surface area contributed by atoms with Gasteiger partial charge in [0.15, 0.2) is 11.5 Å². The molecule has 3 heterocycles. The summed E-state index contributed by atoms with van der Waals surface area (Å²) in [6, 6.07) is 13.5. The lowest BCUT2D eigenvalue weighted by atomic mass is 10.1. The third-order valence-corrected chi connectivity index (χ3v) is 6.00. The minimum Gasteiger partial charge on any atom is -0.488 e. The maximum Gasteiger partial charge on any atom is 0.266 e. The normalized spacial score (nSPS) is 18.9. The molecule has 0 aromatic heterocycles. The van der Waals surface area contributed by atoms with Crippen molar-refractivity contribution in [2.24, 2.45) is 0 Å². The van der Waals surface area contributed by atoms with E-state index in [1.807, 2.05) is 54.6 Å². The number of carbonyl (C=O) groups is 1. The Morgan fingerprint density at radius 3 is 2.86 bits per heavy atom. The summed E-state index contributed by atoms with van der Waals surface area (Å²) in [4.78, 5) is 15.1. The van der Waals surface area contributed by atoms with E-state index < -0.39 is 0 Å². The molecular weight excluding hydrogens is 394 g/mol. The fourth-order valence-electron chi connectivity index (χ4n) is 3.24. The lowest BCUT2D eigenvalue weighted by Crippen LogP contribution is -2.27. The van der Waals surface area contributed by atoms with Crippen LogP contribution < -0.4 is 14.2 Å². The van der Waals surface area contributed by atoms with E-state index in [1.54, 1.807) is 4.90 Å². The fourth-order valence-corrected chi connectivity index (χ4v) is 4.51. The van der Waals surface area contributed by atoms with Crippen LogP contribution in [0.15, 0.2) is 59.0 Å². The van der Waals surface area contributed by atoms with Crippen molar-refractivity contribution in [3.63, 3.8) is 0 Å². The quantitative estimate of drug-likeness (QED) is 0.561. The number of nitrogens with zero attached hydrogens (tertiary/aromatic N) is 1. The Labute approximate surface area is 171 Å². The number of para-hydroxylation sites is 1. The molecule has 0 unspecified atom stereocenters. The van der Waals surface area contributed by atoms with Crippen LogP contribution in [0.2, 0.25) is 0 Å². The molecule has 140 valence electrons. The smallest absolute Gasteiger partial charge is 0.266 e. The molecule has 0 bridgehead atoms. The second-order valence-electron chi connectivity index (χ2n) is 6.50. The number of ether oxygens (including phenoxy) is 3. The lowest BCUT2D eigenvalue weighted by molar-refractivity contribution is -0.122. The number of hydrogen-bond acceptors (Lipinski definition) is 6. The first-order chi connectivity index (χ1) is 13.7. The van der Waals surface area contributed by atoms with E-state index in [1.165, 1.54) is 11.8 Å². The standard InChI is InChI=1S/C21H15NO4S2/c23-20-19(9-14-7-15-3-1-2-4-16(15)24-11-14)28-21(27)22(20)10-13-5-6-17-18(8-13)26-12-25-17/h1-9H,10-12H2/b19-9-. The molecule has 0 saturated carbocycles. The van der Waals surface area contributed by atoms with Gasteiger partial charge >= 0.3 is 0 Å². The Hall–Kier alpha value is -2.77. The second kappa shape index (κ2) is 7.00. The van der Waals surface area contributed by atoms with E-state index in [4.69, 9.17) is 26.4 Å². The Morgan fingerprint density at radius 1 is 1.07 bits per heavy atom. The van der Waals surface area contributed by atoms with Crippen molar-refractivity contribution in [3.05, 3.63) is 70.1 Å². The molecule has 5 nitrogen and oxygen atoms in total. The Kier molecular flexibility index (Phi) is 4.33. The van der Waals surface area contributed by atoms with Crippen LogP contribution >= 0.6 is 24.0 Å². The minimum absolute atomic E-state index is 0.0903. The Morgan fingerprint density at radius 2 is 1.93 bits per heavy atom. The highest BCUT2D eigenvalue weighted by atomic mass is 32.2. The largest absolute Gasteiger partial charge is 0.488 e. The predicted octanol–water partition coefficient (Wildman–Crippen LogP) is 4.14. The van der Waals surface area contributed by atoms with Gasteiger partial charge in [-0.15, -0.1) is 0 Å². The van der Waals surface area contributed by atoms with Gasteiger partial charge in [0.1, 0.15) is 16.7 Å². The first-order valence-electron chi connectivity index (χ1n) is 8.74. The van der Waals surface area contributed by atoms with Gasteiger partial charge in [0.25, 0.3) is 5.91 Å². The number of benzene rings is 2. The monoisotopic (exact) mass is 409 g/mol. The van der Waals surface area contributed by atoms with Crippen LogP contribution in [0.1, 0.15) is 11.1 Å². The van der Waals surface area contributed by atoms with Crippen LogP contribution in [0.5, 0.6) is 17.2 Å². The molecule has 2 aromatic carbocycles. The van der Waals surface area contributed by atoms with Gasteiger partial charge in [0, 0.05) is 5.56 Å². The average Bonchev–Trinajstić information content (AvgIpc) is 3.28. The van der Waals surface area contributed by atoms with Crippen LogP contribution in [-0.2, 0) is 11.3 Å². The van der Waals surface area contributed by atoms with Crippen LogP contribution in [0.3, 0.4) is 0 Å². The molecule has 28 heavy (non-hydrogen) atoms. The van der Waals surface area contributed by atoms with Crippen molar-refractivity contribution in [2.75, 3.05) is 13.4 Å². The molecule has 7 heteroatoms. The topological polar surface area (TPSA) is 48.0 Å². The number of fused-ring (bicyclic) bond motifs is 2. The van der Waals surface area contributed by atoms with Crippen LogP contribution in [0.4, 0.5) is 0 Å². The third kappa shape index (κ3) is 3.16. The Bertz CT molecular complexity index is 1060. The molecule has 0 atom stereocenters. The number of rotatable bonds is 3. The van der Waals surface area contributed by atoms with Gasteiger partial charge in [-0.05, 0) is 41.5 Å². The molecule has 5 rings (SSSR count). The van der Waals surface area contributed by atoms with E-state index in [0.717, 1.165) is 28.2 Å². The number of carbonyl (C=O) groups excluding carboxylic acids is 1. The summed E-state index contributed by atoms with van der Waals surface area (Å²) in [5.74, 6) is 2.18. The van der Waals surface area contributed by atoms with Gasteiger partial charge in [-0.1, -0.05) is 48.2 Å². The first-order valence-corrected chi connectivity index (χ1v) is 9.96. The highest BCUT2D eigenvalue weighted by Gasteiger charge is 2.32. The van der Waals surface area contributed by atoms with E-state index in [0.29, 0.717) is 28.1 Å². The summed E-state index contributed by atoms with van der Waals surface area (Å²) in [6.07, 6.45) is 3.91.